The van der Waals surface area contributed by atoms with Crippen LogP contribution in [0.2, 0.25) is 0 Å². The van der Waals surface area contributed by atoms with Crippen molar-refractivity contribution in [1.82, 2.24) is 14.9 Å². The highest BCUT2D eigenvalue weighted by Crippen LogP contribution is 2.23. The van der Waals surface area contributed by atoms with Gasteiger partial charge in [0.25, 0.3) is 5.56 Å². The Morgan fingerprint density at radius 2 is 2.28 bits per heavy atom. The number of carbonyl (C=O) groups excluding carboxylic acids is 1. The fourth-order valence-corrected chi connectivity index (χ4v) is 3.33. The largest absolute Gasteiger partial charge is 0.496 e. The topological polar surface area (TPSA) is 93.5 Å². The number of nitrogens with one attached hydrogen (secondary N) is 1. The third-order valence-corrected chi connectivity index (χ3v) is 4.76. The van der Waals surface area contributed by atoms with Gasteiger partial charge in [-0.25, -0.2) is 4.98 Å². The van der Waals surface area contributed by atoms with Gasteiger partial charge in [0.05, 0.1) is 37.0 Å². The van der Waals surface area contributed by atoms with E-state index in [2.05, 4.69) is 10.3 Å². The number of aliphatic hydroxyl groups excluding tert-OH is 1. The van der Waals surface area contributed by atoms with Crippen molar-refractivity contribution in [2.45, 2.75) is 44.9 Å². The summed E-state index contributed by atoms with van der Waals surface area (Å²) < 4.78 is 6.57. The third kappa shape index (κ3) is 3.57. The van der Waals surface area contributed by atoms with Crippen molar-refractivity contribution >= 4 is 16.7 Å². The van der Waals surface area contributed by atoms with Crippen molar-refractivity contribution < 1.29 is 14.6 Å². The van der Waals surface area contributed by atoms with Crippen molar-refractivity contribution in [3.8, 4) is 5.75 Å². The molecule has 1 aromatic carbocycles. The third-order valence-electron chi connectivity index (χ3n) is 4.76. The molecular formula is C18H23N3O4. The number of methoxy groups -OCH3 is 1. The van der Waals surface area contributed by atoms with Gasteiger partial charge in [-0.2, -0.15) is 0 Å². The smallest absolute Gasteiger partial charge is 0.261 e. The summed E-state index contributed by atoms with van der Waals surface area (Å²) in [6.45, 7) is 2.60. The zero-order chi connectivity index (χ0) is 18.0. The highest BCUT2D eigenvalue weighted by Gasteiger charge is 2.25. The van der Waals surface area contributed by atoms with Gasteiger partial charge in [-0.05, 0) is 38.4 Å². The quantitative estimate of drug-likeness (QED) is 0.832. The summed E-state index contributed by atoms with van der Waals surface area (Å²) in [5.41, 5.74) is 1.13. The van der Waals surface area contributed by atoms with Gasteiger partial charge in [-0.1, -0.05) is 0 Å². The first-order chi connectivity index (χ1) is 12.0. The number of nitrogens with zero attached hydrogens (tertiary/aromatic N) is 2. The molecule has 1 saturated heterocycles. The predicted molar refractivity (Wildman–Crippen MR) is 93.9 cm³/mol. The molecule has 0 saturated carbocycles. The number of hydrogen-bond donors (Lipinski definition) is 2. The Morgan fingerprint density at radius 3 is 3.00 bits per heavy atom. The number of aliphatic hydroxyl groups is 1. The number of ether oxygens (including phenoxy) is 1. The van der Waals surface area contributed by atoms with Crippen LogP contribution >= 0.6 is 0 Å². The van der Waals surface area contributed by atoms with E-state index in [4.69, 9.17) is 4.74 Å². The first-order valence-electron chi connectivity index (χ1n) is 8.47. The summed E-state index contributed by atoms with van der Waals surface area (Å²) in [6.07, 6.45) is 2.69. The minimum Gasteiger partial charge on any atom is -0.496 e. The van der Waals surface area contributed by atoms with Gasteiger partial charge in [-0.3, -0.25) is 14.2 Å². The molecule has 1 aliphatic heterocycles. The van der Waals surface area contributed by atoms with Gasteiger partial charge in [-0.15, -0.1) is 0 Å². The summed E-state index contributed by atoms with van der Waals surface area (Å²) in [5, 5.41) is 13.6. The minimum atomic E-state index is -0.515. The molecule has 0 spiro atoms. The van der Waals surface area contributed by atoms with Crippen LogP contribution in [0.5, 0.6) is 5.75 Å². The molecule has 1 fully saturated rings. The van der Waals surface area contributed by atoms with Crippen LogP contribution in [0.25, 0.3) is 10.9 Å². The molecule has 25 heavy (non-hydrogen) atoms. The Balaban J connectivity index is 1.81. The van der Waals surface area contributed by atoms with E-state index in [1.165, 1.54) is 10.9 Å². The summed E-state index contributed by atoms with van der Waals surface area (Å²) in [5.74, 6) is 0.567. The van der Waals surface area contributed by atoms with Crippen LogP contribution in [-0.4, -0.2) is 46.2 Å². The number of aromatic nitrogens is 2. The number of fused-ring (bicyclic) bond motifs is 1. The average Bonchev–Trinajstić information content (AvgIpc) is 2.60. The molecule has 0 aliphatic carbocycles. The zero-order valence-electron chi connectivity index (χ0n) is 14.5. The number of benzene rings is 1. The van der Waals surface area contributed by atoms with E-state index < -0.39 is 6.10 Å². The zero-order valence-corrected chi connectivity index (χ0v) is 14.5. The van der Waals surface area contributed by atoms with Crippen LogP contribution < -0.4 is 15.6 Å². The van der Waals surface area contributed by atoms with Crippen LogP contribution in [0.3, 0.4) is 0 Å². The van der Waals surface area contributed by atoms with Crippen molar-refractivity contribution in [2.24, 2.45) is 0 Å². The van der Waals surface area contributed by atoms with Gasteiger partial charge in [0.15, 0.2) is 5.78 Å². The van der Waals surface area contributed by atoms with Crippen molar-refractivity contribution in [3.63, 3.8) is 0 Å². The van der Waals surface area contributed by atoms with Crippen molar-refractivity contribution in [1.29, 1.82) is 0 Å². The maximum absolute atomic E-state index is 12.6. The van der Waals surface area contributed by atoms with Gasteiger partial charge < -0.3 is 15.2 Å². The number of aryl methyl sites for hydroxylation is 1. The highest BCUT2D eigenvalue weighted by atomic mass is 16.5. The number of hydrogen-bond acceptors (Lipinski definition) is 6. The lowest BCUT2D eigenvalue weighted by molar-refractivity contribution is -0.121. The number of piperidine rings is 1. The van der Waals surface area contributed by atoms with Crippen LogP contribution in [0, 0.1) is 6.92 Å². The average molecular weight is 345 g/mol. The molecule has 2 atom stereocenters. The fraction of sp³-hybridized carbons (Fsp3) is 0.500. The Kier molecular flexibility index (Phi) is 5.15. The minimum absolute atomic E-state index is 0.0439. The molecule has 1 aromatic heterocycles. The molecule has 2 aromatic rings. The molecule has 7 nitrogen and oxygen atoms in total. The van der Waals surface area contributed by atoms with Crippen LogP contribution in [0.1, 0.15) is 24.8 Å². The monoisotopic (exact) mass is 345 g/mol. The molecule has 0 bridgehead atoms. The number of Topliss-reactive ketones (excluding diaryl/α,β-unsaturated/α-hetero) is 1. The van der Waals surface area contributed by atoms with Crippen molar-refractivity contribution in [2.75, 3.05) is 13.7 Å². The standard InChI is InChI=1S/C18H23N3O4/c1-11-16(25-2)6-5-13-17(11)20-10-21(18(13)24)9-12(22)8-14-15(23)4-3-7-19-14/h5-6,10,14-15,19,23H,3-4,7-9H2,1-2H3/t14-,15+/m1/s1. The fourth-order valence-electron chi connectivity index (χ4n) is 3.33. The molecule has 1 aliphatic rings. The molecule has 134 valence electrons. The molecule has 0 amide bonds. The first kappa shape index (κ1) is 17.6. The second kappa shape index (κ2) is 7.33. The van der Waals surface area contributed by atoms with Gasteiger partial charge in [0, 0.05) is 18.0 Å². The van der Waals surface area contributed by atoms with E-state index in [1.54, 1.807) is 19.2 Å². The Hall–Kier alpha value is -2.25. The van der Waals surface area contributed by atoms with E-state index in [0.29, 0.717) is 23.1 Å². The summed E-state index contributed by atoms with van der Waals surface area (Å²) >= 11 is 0. The Morgan fingerprint density at radius 1 is 1.48 bits per heavy atom. The lowest BCUT2D eigenvalue weighted by Gasteiger charge is -2.28. The van der Waals surface area contributed by atoms with E-state index in [-0.39, 0.29) is 30.3 Å². The van der Waals surface area contributed by atoms with E-state index in [0.717, 1.165) is 18.5 Å². The number of carbonyl (C=O) groups is 1. The molecule has 3 rings (SSSR count). The number of rotatable bonds is 5. The summed E-state index contributed by atoms with van der Waals surface area (Å²) in [7, 11) is 1.57. The Labute approximate surface area is 145 Å². The van der Waals surface area contributed by atoms with Crippen molar-refractivity contribution in [3.05, 3.63) is 34.4 Å². The second-order valence-corrected chi connectivity index (χ2v) is 6.48. The maximum atomic E-state index is 12.6. The molecular weight excluding hydrogens is 322 g/mol. The predicted octanol–water partition coefficient (Wildman–Crippen LogP) is 0.786. The van der Waals surface area contributed by atoms with E-state index in [9.17, 15) is 14.7 Å². The van der Waals surface area contributed by atoms with Gasteiger partial charge in [0.1, 0.15) is 5.75 Å². The van der Waals surface area contributed by atoms with E-state index in [1.807, 2.05) is 6.92 Å². The summed E-state index contributed by atoms with van der Waals surface area (Å²) in [4.78, 5) is 29.3. The lowest BCUT2D eigenvalue weighted by atomic mass is 9.97. The van der Waals surface area contributed by atoms with Crippen LogP contribution in [0.4, 0.5) is 0 Å². The normalized spacial score (nSPS) is 20.6. The summed E-state index contributed by atoms with van der Waals surface area (Å²) in [6, 6.07) is 3.16. The lowest BCUT2D eigenvalue weighted by Crippen LogP contribution is -2.46. The van der Waals surface area contributed by atoms with Gasteiger partial charge in [0.2, 0.25) is 0 Å². The maximum Gasteiger partial charge on any atom is 0.261 e. The first-order valence-corrected chi connectivity index (χ1v) is 8.47. The second-order valence-electron chi connectivity index (χ2n) is 6.48. The SMILES string of the molecule is COc1ccc2c(=O)n(CC(=O)C[C@H]3NCCC[C@@H]3O)cnc2c1C. The van der Waals surface area contributed by atoms with Gasteiger partial charge >= 0.3 is 0 Å². The molecule has 2 N–H and O–H groups in total. The molecule has 7 heteroatoms. The van der Waals surface area contributed by atoms with Crippen LogP contribution in [0.15, 0.2) is 23.3 Å². The highest BCUT2D eigenvalue weighted by molar-refractivity contribution is 5.83. The molecule has 0 unspecified atom stereocenters. The van der Waals surface area contributed by atoms with E-state index >= 15 is 0 Å². The molecule has 0 radical (unpaired) electrons. The Bertz CT molecular complexity index is 846. The molecule has 2 heterocycles. The number of ketones is 1. The van der Waals surface area contributed by atoms with Crippen LogP contribution in [-0.2, 0) is 11.3 Å².